The third kappa shape index (κ3) is 4.68. The Morgan fingerprint density at radius 1 is 1.09 bits per heavy atom. The number of fused-ring (bicyclic) bond motifs is 1. The molecular formula is C22H20ClN7O2. The lowest BCUT2D eigenvalue weighted by Gasteiger charge is -2.09. The molecule has 4 aromatic rings. The molecule has 3 heterocycles. The fourth-order valence-electron chi connectivity index (χ4n) is 3.12. The van der Waals surface area contributed by atoms with Crippen molar-refractivity contribution in [3.05, 3.63) is 71.4 Å². The maximum atomic E-state index is 12.9. The zero-order valence-electron chi connectivity index (χ0n) is 17.4. The molecule has 10 heteroatoms. The van der Waals surface area contributed by atoms with Gasteiger partial charge in [0.05, 0.1) is 17.6 Å². The highest BCUT2D eigenvalue weighted by molar-refractivity contribution is 6.30. The van der Waals surface area contributed by atoms with Crippen molar-refractivity contribution in [3.63, 3.8) is 0 Å². The minimum absolute atomic E-state index is 0.203. The molecule has 3 N–H and O–H groups in total. The summed E-state index contributed by atoms with van der Waals surface area (Å²) < 4.78 is 1.77. The van der Waals surface area contributed by atoms with Crippen LogP contribution in [0.3, 0.4) is 0 Å². The predicted octanol–water partition coefficient (Wildman–Crippen LogP) is 4.15. The number of hydrogen-bond acceptors (Lipinski definition) is 5. The average Bonchev–Trinajstić information content (AvgIpc) is 3.14. The van der Waals surface area contributed by atoms with Crippen LogP contribution >= 0.6 is 11.6 Å². The van der Waals surface area contributed by atoms with Gasteiger partial charge in [-0.3, -0.25) is 10.1 Å². The van der Waals surface area contributed by atoms with Gasteiger partial charge >= 0.3 is 6.03 Å². The van der Waals surface area contributed by atoms with E-state index in [1.165, 1.54) is 6.20 Å². The van der Waals surface area contributed by atoms with E-state index in [-0.39, 0.29) is 11.7 Å². The number of nitrogens with zero attached hydrogens (tertiary/aromatic N) is 4. The van der Waals surface area contributed by atoms with Gasteiger partial charge in [0.15, 0.2) is 5.65 Å². The van der Waals surface area contributed by atoms with Crippen LogP contribution in [-0.4, -0.2) is 37.8 Å². The lowest BCUT2D eigenvalue weighted by atomic mass is 10.1. The van der Waals surface area contributed by atoms with Crippen LogP contribution < -0.4 is 16.0 Å². The molecule has 162 valence electrons. The van der Waals surface area contributed by atoms with Crippen molar-refractivity contribution in [2.75, 3.05) is 17.2 Å². The number of aryl methyl sites for hydroxylation is 1. The van der Waals surface area contributed by atoms with Crippen LogP contribution in [0, 0.1) is 6.92 Å². The van der Waals surface area contributed by atoms with Gasteiger partial charge in [0.25, 0.3) is 5.91 Å². The second kappa shape index (κ2) is 9.03. The topological polar surface area (TPSA) is 113 Å². The average molecular weight is 450 g/mol. The van der Waals surface area contributed by atoms with Crippen molar-refractivity contribution in [2.45, 2.75) is 13.8 Å². The number of urea groups is 1. The monoisotopic (exact) mass is 449 g/mol. The van der Waals surface area contributed by atoms with Gasteiger partial charge in [-0.05, 0) is 38.1 Å². The van der Waals surface area contributed by atoms with Crippen molar-refractivity contribution in [1.29, 1.82) is 0 Å². The molecule has 32 heavy (non-hydrogen) atoms. The third-order valence-corrected chi connectivity index (χ3v) is 4.72. The molecule has 0 fully saturated rings. The summed E-state index contributed by atoms with van der Waals surface area (Å²) in [7, 11) is 0. The molecule has 9 nitrogen and oxygen atoms in total. The van der Waals surface area contributed by atoms with E-state index in [1.807, 2.05) is 32.2 Å². The summed E-state index contributed by atoms with van der Waals surface area (Å²) in [5.74, 6) is -0.0432. The van der Waals surface area contributed by atoms with E-state index in [0.717, 1.165) is 11.3 Å². The van der Waals surface area contributed by atoms with Gasteiger partial charge in [-0.2, -0.15) is 0 Å². The van der Waals surface area contributed by atoms with Crippen LogP contribution in [-0.2, 0) is 0 Å². The molecule has 0 spiro atoms. The van der Waals surface area contributed by atoms with E-state index in [4.69, 9.17) is 11.6 Å². The molecule has 0 aliphatic carbocycles. The highest BCUT2D eigenvalue weighted by Gasteiger charge is 2.16. The summed E-state index contributed by atoms with van der Waals surface area (Å²) in [5.41, 5.74) is 3.40. The van der Waals surface area contributed by atoms with E-state index in [0.29, 0.717) is 34.4 Å². The quantitative estimate of drug-likeness (QED) is 0.423. The number of rotatable bonds is 5. The fourth-order valence-corrected chi connectivity index (χ4v) is 3.31. The predicted molar refractivity (Wildman–Crippen MR) is 123 cm³/mol. The van der Waals surface area contributed by atoms with Gasteiger partial charge in [-0.15, -0.1) is 0 Å². The Bertz CT molecular complexity index is 1300. The van der Waals surface area contributed by atoms with Crippen molar-refractivity contribution in [2.24, 2.45) is 0 Å². The number of nitrogens with one attached hydrogen (secondary N) is 3. The number of anilines is 2. The molecule has 0 bridgehead atoms. The van der Waals surface area contributed by atoms with E-state index < -0.39 is 5.91 Å². The van der Waals surface area contributed by atoms with Gasteiger partial charge in [-0.1, -0.05) is 23.7 Å². The van der Waals surface area contributed by atoms with Crippen LogP contribution in [0.4, 0.5) is 16.3 Å². The zero-order chi connectivity index (χ0) is 22.7. The molecule has 0 aliphatic rings. The van der Waals surface area contributed by atoms with E-state index >= 15 is 0 Å². The molecule has 3 aromatic heterocycles. The number of carbonyl (C=O) groups is 2. The minimum Gasteiger partial charge on any atom is -0.338 e. The fraction of sp³-hybridized carbons (Fsp3) is 0.136. The van der Waals surface area contributed by atoms with Gasteiger partial charge in [0.2, 0.25) is 0 Å². The van der Waals surface area contributed by atoms with Crippen LogP contribution in [0.5, 0.6) is 0 Å². The Kier molecular flexibility index (Phi) is 6.00. The molecular weight excluding hydrogens is 430 g/mol. The number of amides is 3. The first-order valence-electron chi connectivity index (χ1n) is 9.87. The summed E-state index contributed by atoms with van der Waals surface area (Å²) in [6, 6.07) is 10.1. The number of halogens is 1. The van der Waals surface area contributed by atoms with Crippen LogP contribution in [0.1, 0.15) is 23.1 Å². The van der Waals surface area contributed by atoms with Gasteiger partial charge < -0.3 is 15.0 Å². The van der Waals surface area contributed by atoms with Crippen molar-refractivity contribution in [3.8, 4) is 11.3 Å². The molecule has 0 saturated heterocycles. The molecule has 0 aliphatic heterocycles. The molecule has 3 amide bonds. The first-order chi connectivity index (χ1) is 15.4. The first kappa shape index (κ1) is 21.3. The smallest absolute Gasteiger partial charge is 0.320 e. The number of hydrogen-bond donors (Lipinski definition) is 3. The molecule has 0 saturated carbocycles. The standard InChI is InChI=1S/C22H20ClN7O2/c1-3-24-22(32)29-18-8-7-16(10-25-18)27-21(31)17-12-30-11-13(2)26-20(30)19(28-17)14-5-4-6-15(23)9-14/h4-12H,3H2,1-2H3,(H,27,31)(H2,24,25,29,32). The van der Waals surface area contributed by atoms with Gasteiger partial charge in [-0.25, -0.2) is 19.7 Å². The summed E-state index contributed by atoms with van der Waals surface area (Å²) in [6.07, 6.45) is 4.90. The Morgan fingerprint density at radius 3 is 2.66 bits per heavy atom. The van der Waals surface area contributed by atoms with Crippen LogP contribution in [0.2, 0.25) is 5.02 Å². The molecule has 0 unspecified atom stereocenters. The third-order valence-electron chi connectivity index (χ3n) is 4.49. The summed E-state index contributed by atoms with van der Waals surface area (Å²) >= 11 is 6.15. The van der Waals surface area contributed by atoms with E-state index in [9.17, 15) is 9.59 Å². The number of imidazole rings is 1. The number of pyridine rings is 1. The summed E-state index contributed by atoms with van der Waals surface area (Å²) in [5, 5.41) is 8.55. The normalized spacial score (nSPS) is 10.7. The van der Waals surface area contributed by atoms with E-state index in [2.05, 4.69) is 30.9 Å². The Morgan fingerprint density at radius 2 is 1.94 bits per heavy atom. The number of aromatic nitrogens is 4. The number of benzene rings is 1. The highest BCUT2D eigenvalue weighted by Crippen LogP contribution is 2.25. The lowest BCUT2D eigenvalue weighted by molar-refractivity contribution is 0.102. The summed E-state index contributed by atoms with van der Waals surface area (Å²) in [4.78, 5) is 37.7. The van der Waals surface area contributed by atoms with Crippen molar-refractivity contribution in [1.82, 2.24) is 24.7 Å². The SMILES string of the molecule is CCNC(=O)Nc1ccc(NC(=O)c2cn3cc(C)nc3c(-c3cccc(Cl)c3)n2)cn1. The van der Waals surface area contributed by atoms with E-state index in [1.54, 1.807) is 34.9 Å². The Labute approximate surface area is 188 Å². The van der Waals surface area contributed by atoms with Gasteiger partial charge in [0.1, 0.15) is 17.2 Å². The molecule has 0 atom stereocenters. The molecule has 1 aromatic carbocycles. The second-order valence-corrected chi connectivity index (χ2v) is 7.41. The largest absolute Gasteiger partial charge is 0.338 e. The van der Waals surface area contributed by atoms with Crippen molar-refractivity contribution >= 4 is 40.7 Å². The Balaban J connectivity index is 1.61. The zero-order valence-corrected chi connectivity index (χ0v) is 18.1. The Hall–Kier alpha value is -3.98. The minimum atomic E-state index is -0.409. The van der Waals surface area contributed by atoms with Crippen molar-refractivity contribution < 1.29 is 9.59 Å². The van der Waals surface area contributed by atoms with Gasteiger partial charge in [0, 0.05) is 29.5 Å². The first-order valence-corrected chi connectivity index (χ1v) is 10.3. The van der Waals surface area contributed by atoms with Crippen LogP contribution in [0.25, 0.3) is 16.9 Å². The number of carbonyl (C=O) groups excluding carboxylic acids is 2. The maximum Gasteiger partial charge on any atom is 0.320 e. The maximum absolute atomic E-state index is 12.9. The highest BCUT2D eigenvalue weighted by atomic mass is 35.5. The molecule has 0 radical (unpaired) electrons. The second-order valence-electron chi connectivity index (χ2n) is 6.97. The molecule has 4 rings (SSSR count). The van der Waals surface area contributed by atoms with Crippen LogP contribution in [0.15, 0.2) is 55.0 Å². The lowest BCUT2D eigenvalue weighted by Crippen LogP contribution is -2.28. The summed E-state index contributed by atoms with van der Waals surface area (Å²) in [6.45, 7) is 4.20.